The van der Waals surface area contributed by atoms with Gasteiger partial charge in [-0.05, 0) is 68.8 Å². The number of ether oxygens (including phenoxy) is 1. The lowest BCUT2D eigenvalue weighted by atomic mass is 9.64. The van der Waals surface area contributed by atoms with Gasteiger partial charge in [-0.1, -0.05) is 127 Å². The maximum Gasteiger partial charge on any atom is 0.132 e. The van der Waals surface area contributed by atoms with Crippen LogP contribution in [0.5, 0.6) is 11.5 Å². The predicted molar refractivity (Wildman–Crippen MR) is 160 cm³/mol. The van der Waals surface area contributed by atoms with Gasteiger partial charge in [-0.3, -0.25) is 0 Å². The van der Waals surface area contributed by atoms with E-state index in [0.29, 0.717) is 0 Å². The molecule has 6 aromatic rings. The van der Waals surface area contributed by atoms with E-state index >= 15 is 0 Å². The van der Waals surface area contributed by atoms with Crippen LogP contribution in [0.4, 0.5) is 0 Å². The van der Waals surface area contributed by atoms with Crippen molar-refractivity contribution in [3.63, 3.8) is 0 Å². The highest BCUT2D eigenvalue weighted by molar-refractivity contribution is 6.31. The predicted octanol–water partition coefficient (Wildman–Crippen LogP) is 10.1. The van der Waals surface area contributed by atoms with E-state index in [1.165, 1.54) is 33.4 Å². The molecule has 0 amide bonds. The van der Waals surface area contributed by atoms with Gasteiger partial charge < -0.3 is 4.74 Å². The molecule has 2 aliphatic rings. The molecule has 0 saturated carbocycles. The van der Waals surface area contributed by atoms with Gasteiger partial charge in [0.1, 0.15) is 11.5 Å². The molecule has 1 spiro atoms. The molecule has 1 aliphatic carbocycles. The molecule has 0 bridgehead atoms. The van der Waals surface area contributed by atoms with Gasteiger partial charge in [0.2, 0.25) is 0 Å². The number of rotatable bonds is 2. The number of halogens is 1. The fraction of sp³-hybridized carbons (Fsp3) is 0.0270. The first kappa shape index (κ1) is 22.4. The number of hydrogen-bond acceptors (Lipinski definition) is 1. The molecule has 2 heteroatoms. The molecular formula is C37H23ClO. The second kappa shape index (κ2) is 8.46. The van der Waals surface area contributed by atoms with Gasteiger partial charge >= 0.3 is 0 Å². The summed E-state index contributed by atoms with van der Waals surface area (Å²) in [6.07, 6.45) is 0. The topological polar surface area (TPSA) is 9.23 Å². The molecule has 0 unspecified atom stereocenters. The van der Waals surface area contributed by atoms with Gasteiger partial charge in [0.05, 0.1) is 5.41 Å². The van der Waals surface area contributed by atoms with Crippen LogP contribution < -0.4 is 4.74 Å². The summed E-state index contributed by atoms with van der Waals surface area (Å²) in [5.41, 5.74) is 11.5. The Bertz CT molecular complexity index is 1860. The third kappa shape index (κ3) is 3.08. The second-order valence-electron chi connectivity index (χ2n) is 10.2. The Labute approximate surface area is 232 Å². The lowest BCUT2D eigenvalue weighted by Crippen LogP contribution is -2.32. The van der Waals surface area contributed by atoms with Crippen molar-refractivity contribution < 1.29 is 4.74 Å². The van der Waals surface area contributed by atoms with Crippen molar-refractivity contribution in [2.24, 2.45) is 0 Å². The average Bonchev–Trinajstić information content (AvgIpc) is 3.29. The van der Waals surface area contributed by atoms with Gasteiger partial charge in [-0.25, -0.2) is 0 Å². The van der Waals surface area contributed by atoms with Crippen LogP contribution in [-0.4, -0.2) is 0 Å². The number of fused-ring (bicyclic) bond motifs is 9. The summed E-state index contributed by atoms with van der Waals surface area (Å²) in [4.78, 5) is 0. The minimum atomic E-state index is -0.537. The molecule has 0 N–H and O–H groups in total. The van der Waals surface area contributed by atoms with Crippen LogP contribution in [0.3, 0.4) is 0 Å². The van der Waals surface area contributed by atoms with E-state index in [9.17, 15) is 0 Å². The Morgan fingerprint density at radius 2 is 1.00 bits per heavy atom. The summed E-state index contributed by atoms with van der Waals surface area (Å²) in [6.45, 7) is 0. The van der Waals surface area contributed by atoms with Crippen LogP contribution in [0.15, 0.2) is 140 Å². The van der Waals surface area contributed by atoms with Crippen molar-refractivity contribution in [3.05, 3.63) is 167 Å². The molecule has 0 fully saturated rings. The highest BCUT2D eigenvalue weighted by Crippen LogP contribution is 2.64. The smallest absolute Gasteiger partial charge is 0.132 e. The molecule has 0 radical (unpaired) electrons. The fourth-order valence-electron chi connectivity index (χ4n) is 6.75. The van der Waals surface area contributed by atoms with Gasteiger partial charge in [-0.2, -0.15) is 0 Å². The van der Waals surface area contributed by atoms with E-state index in [1.54, 1.807) is 0 Å². The Morgan fingerprint density at radius 1 is 0.436 bits per heavy atom. The van der Waals surface area contributed by atoms with Gasteiger partial charge in [-0.15, -0.1) is 0 Å². The van der Waals surface area contributed by atoms with Gasteiger partial charge in [0.25, 0.3) is 0 Å². The van der Waals surface area contributed by atoms with Crippen LogP contribution in [0.2, 0.25) is 5.02 Å². The van der Waals surface area contributed by atoms with Crippen LogP contribution >= 0.6 is 11.6 Å². The van der Waals surface area contributed by atoms with Crippen LogP contribution in [0, 0.1) is 0 Å². The van der Waals surface area contributed by atoms with E-state index in [1.807, 2.05) is 6.07 Å². The number of hydrogen-bond donors (Lipinski definition) is 0. The molecule has 0 aromatic heterocycles. The molecule has 1 heterocycles. The van der Waals surface area contributed by atoms with E-state index in [0.717, 1.165) is 38.8 Å². The zero-order valence-electron chi connectivity index (χ0n) is 21.1. The number of benzene rings is 6. The zero-order chi connectivity index (χ0) is 26.0. The molecule has 184 valence electrons. The quantitative estimate of drug-likeness (QED) is 0.221. The highest BCUT2D eigenvalue weighted by Gasteiger charge is 2.52. The molecule has 6 aromatic carbocycles. The van der Waals surface area contributed by atoms with Gasteiger partial charge in [0.15, 0.2) is 0 Å². The van der Waals surface area contributed by atoms with Crippen molar-refractivity contribution in [2.75, 3.05) is 0 Å². The summed E-state index contributed by atoms with van der Waals surface area (Å²) in [5, 5.41) is 0.722. The molecule has 1 aliphatic heterocycles. The van der Waals surface area contributed by atoms with Gasteiger partial charge in [0, 0.05) is 16.1 Å². The second-order valence-corrected chi connectivity index (χ2v) is 10.6. The lowest BCUT2D eigenvalue weighted by Gasteiger charge is -2.40. The summed E-state index contributed by atoms with van der Waals surface area (Å²) < 4.78 is 6.53. The maximum atomic E-state index is 6.71. The standard InChI is InChI=1S/C37H23ClO/c38-25-21-22-26(24-11-2-1-3-12-24)30(23-25)29-15-10-14-28-27-13-4-5-16-31(27)37(36(28)29)32-17-6-8-19-34(32)39-35-20-9-7-18-33(35)37/h1-23H. The summed E-state index contributed by atoms with van der Waals surface area (Å²) in [6, 6.07) is 49.3. The fourth-order valence-corrected chi connectivity index (χ4v) is 6.92. The van der Waals surface area contributed by atoms with Crippen molar-refractivity contribution in [2.45, 2.75) is 5.41 Å². The summed E-state index contributed by atoms with van der Waals surface area (Å²) >= 11 is 6.71. The Kier molecular flexibility index (Phi) is 4.86. The molecule has 0 saturated heterocycles. The third-order valence-electron chi connectivity index (χ3n) is 8.22. The van der Waals surface area contributed by atoms with Crippen LogP contribution in [0.25, 0.3) is 33.4 Å². The normalized spacial score (nSPS) is 13.7. The summed E-state index contributed by atoms with van der Waals surface area (Å²) in [7, 11) is 0. The number of para-hydroxylation sites is 2. The minimum Gasteiger partial charge on any atom is -0.457 e. The largest absolute Gasteiger partial charge is 0.457 e. The first-order chi connectivity index (χ1) is 19.3. The maximum absolute atomic E-state index is 6.71. The third-order valence-corrected chi connectivity index (χ3v) is 8.45. The Balaban J connectivity index is 1.55. The van der Waals surface area contributed by atoms with E-state index in [2.05, 4.69) is 133 Å². The van der Waals surface area contributed by atoms with E-state index < -0.39 is 5.41 Å². The molecular weight excluding hydrogens is 496 g/mol. The van der Waals surface area contributed by atoms with Crippen LogP contribution in [0.1, 0.15) is 22.3 Å². The lowest BCUT2D eigenvalue weighted by molar-refractivity contribution is 0.436. The SMILES string of the molecule is Clc1ccc(-c2ccccc2)c(-c2cccc3c2C2(c4ccccc4Oc4ccccc42)c2ccccc2-3)c1. The average molecular weight is 519 g/mol. The zero-order valence-corrected chi connectivity index (χ0v) is 21.8. The van der Waals surface area contributed by atoms with Crippen molar-refractivity contribution in [1.82, 2.24) is 0 Å². The molecule has 8 rings (SSSR count). The highest BCUT2D eigenvalue weighted by atomic mass is 35.5. The molecule has 0 atom stereocenters. The molecule has 39 heavy (non-hydrogen) atoms. The van der Waals surface area contributed by atoms with E-state index in [4.69, 9.17) is 16.3 Å². The van der Waals surface area contributed by atoms with Crippen LogP contribution in [-0.2, 0) is 5.41 Å². The van der Waals surface area contributed by atoms with Crippen molar-refractivity contribution in [1.29, 1.82) is 0 Å². The molecule has 1 nitrogen and oxygen atoms in total. The Hall–Kier alpha value is -4.59. The van der Waals surface area contributed by atoms with Crippen molar-refractivity contribution in [3.8, 4) is 44.9 Å². The first-order valence-corrected chi connectivity index (χ1v) is 13.6. The summed E-state index contributed by atoms with van der Waals surface area (Å²) in [5.74, 6) is 1.78. The van der Waals surface area contributed by atoms with E-state index in [-0.39, 0.29) is 0 Å². The Morgan fingerprint density at radius 3 is 1.72 bits per heavy atom. The first-order valence-electron chi connectivity index (χ1n) is 13.2. The minimum absolute atomic E-state index is 0.537. The van der Waals surface area contributed by atoms with Crippen molar-refractivity contribution >= 4 is 11.6 Å². The monoisotopic (exact) mass is 518 g/mol.